The standard InChI is InChI=1S/C8H16N4O2S/c1-8(2,3)12-7(14)11-5(13)4-15-6(9)10/h4H2,1-3H3,(H3,9,10)(H2,11,12,13,14). The molecule has 0 saturated heterocycles. The normalized spacial score (nSPS) is 10.6. The fraction of sp³-hybridized carbons (Fsp3) is 0.625. The van der Waals surface area contributed by atoms with Crippen LogP contribution in [-0.4, -0.2) is 28.4 Å². The number of carbonyl (C=O) groups excluding carboxylic acids is 2. The van der Waals surface area contributed by atoms with Gasteiger partial charge >= 0.3 is 6.03 Å². The van der Waals surface area contributed by atoms with Gasteiger partial charge in [0, 0.05) is 5.54 Å². The van der Waals surface area contributed by atoms with E-state index in [9.17, 15) is 9.59 Å². The Morgan fingerprint density at radius 1 is 1.40 bits per heavy atom. The van der Waals surface area contributed by atoms with Crippen molar-refractivity contribution >= 4 is 28.9 Å². The Balaban J connectivity index is 3.87. The molecule has 0 fully saturated rings. The second-order valence-electron chi connectivity index (χ2n) is 3.91. The molecule has 3 amide bonds. The van der Waals surface area contributed by atoms with Crippen LogP contribution in [0.4, 0.5) is 4.79 Å². The highest BCUT2D eigenvalue weighted by Crippen LogP contribution is 1.98. The third-order valence-corrected chi connectivity index (χ3v) is 1.82. The number of carbonyl (C=O) groups is 2. The van der Waals surface area contributed by atoms with E-state index in [1.54, 1.807) is 20.8 Å². The first-order chi connectivity index (χ1) is 6.70. The first-order valence-electron chi connectivity index (χ1n) is 4.29. The van der Waals surface area contributed by atoms with E-state index in [2.05, 4.69) is 10.6 Å². The lowest BCUT2D eigenvalue weighted by atomic mass is 10.1. The number of thioether (sulfide) groups is 1. The first kappa shape index (κ1) is 13.8. The Morgan fingerprint density at radius 2 is 1.93 bits per heavy atom. The molecule has 0 aromatic rings. The molecule has 0 aliphatic rings. The van der Waals surface area contributed by atoms with E-state index >= 15 is 0 Å². The topological polar surface area (TPSA) is 108 Å². The van der Waals surface area contributed by atoms with Crippen LogP contribution < -0.4 is 16.4 Å². The monoisotopic (exact) mass is 232 g/mol. The predicted molar refractivity (Wildman–Crippen MR) is 60.8 cm³/mol. The van der Waals surface area contributed by atoms with Crippen molar-refractivity contribution in [2.45, 2.75) is 26.3 Å². The lowest BCUT2D eigenvalue weighted by Crippen LogP contribution is -2.48. The molecule has 0 aliphatic carbocycles. The number of urea groups is 1. The van der Waals surface area contributed by atoms with Gasteiger partial charge in [0.05, 0.1) is 5.75 Å². The second-order valence-corrected chi connectivity index (χ2v) is 4.92. The fourth-order valence-corrected chi connectivity index (χ4v) is 1.04. The molecule has 0 radical (unpaired) electrons. The van der Waals surface area contributed by atoms with Gasteiger partial charge in [0.2, 0.25) is 5.91 Å². The van der Waals surface area contributed by atoms with Gasteiger partial charge in [0.15, 0.2) is 5.17 Å². The quantitative estimate of drug-likeness (QED) is 0.404. The van der Waals surface area contributed by atoms with Gasteiger partial charge in [-0.3, -0.25) is 15.5 Å². The summed E-state index contributed by atoms with van der Waals surface area (Å²) in [6, 6.07) is -0.545. The average molecular weight is 232 g/mol. The number of amidine groups is 1. The number of imide groups is 1. The zero-order valence-electron chi connectivity index (χ0n) is 9.01. The Bertz CT molecular complexity index is 272. The summed E-state index contributed by atoms with van der Waals surface area (Å²) < 4.78 is 0. The summed E-state index contributed by atoms with van der Waals surface area (Å²) in [7, 11) is 0. The van der Waals surface area contributed by atoms with Crippen molar-refractivity contribution in [3.05, 3.63) is 0 Å². The highest BCUT2D eigenvalue weighted by atomic mass is 32.2. The Morgan fingerprint density at radius 3 is 2.33 bits per heavy atom. The van der Waals surface area contributed by atoms with Crippen LogP contribution in [-0.2, 0) is 4.79 Å². The molecule has 0 saturated carbocycles. The molecule has 0 atom stereocenters. The van der Waals surface area contributed by atoms with Crippen LogP contribution in [0.2, 0.25) is 0 Å². The van der Waals surface area contributed by atoms with Crippen LogP contribution in [0, 0.1) is 5.41 Å². The largest absolute Gasteiger partial charge is 0.379 e. The Labute approximate surface area is 92.9 Å². The summed E-state index contributed by atoms with van der Waals surface area (Å²) >= 11 is 0.868. The lowest BCUT2D eigenvalue weighted by molar-refractivity contribution is -0.117. The summed E-state index contributed by atoms with van der Waals surface area (Å²) in [6.07, 6.45) is 0. The van der Waals surface area contributed by atoms with Crippen LogP contribution in [0.25, 0.3) is 0 Å². The fourth-order valence-electron chi connectivity index (χ4n) is 0.678. The van der Waals surface area contributed by atoms with Gasteiger partial charge in [-0.15, -0.1) is 0 Å². The number of nitrogens with two attached hydrogens (primary N) is 1. The predicted octanol–water partition coefficient (Wildman–Crippen LogP) is 0.237. The molecule has 0 aliphatic heterocycles. The molecule has 0 aromatic carbocycles. The molecule has 0 spiro atoms. The highest BCUT2D eigenvalue weighted by Gasteiger charge is 2.15. The Kier molecular flexibility index (Phi) is 5.13. The zero-order valence-corrected chi connectivity index (χ0v) is 9.83. The molecule has 0 rings (SSSR count). The molecule has 0 aromatic heterocycles. The van der Waals surface area contributed by atoms with E-state index < -0.39 is 17.5 Å². The van der Waals surface area contributed by atoms with Gasteiger partial charge in [-0.25, -0.2) is 4.79 Å². The third-order valence-electron chi connectivity index (χ3n) is 1.10. The number of hydrogen-bond donors (Lipinski definition) is 4. The number of rotatable bonds is 2. The minimum atomic E-state index is -0.545. The van der Waals surface area contributed by atoms with Gasteiger partial charge in [-0.05, 0) is 20.8 Å². The maximum absolute atomic E-state index is 11.2. The van der Waals surface area contributed by atoms with Crippen LogP contribution in [0.1, 0.15) is 20.8 Å². The van der Waals surface area contributed by atoms with Gasteiger partial charge in [0.1, 0.15) is 0 Å². The van der Waals surface area contributed by atoms with Crippen molar-refractivity contribution in [3.63, 3.8) is 0 Å². The average Bonchev–Trinajstić information content (AvgIpc) is 1.96. The molecule has 7 heteroatoms. The van der Waals surface area contributed by atoms with Gasteiger partial charge in [-0.1, -0.05) is 11.8 Å². The first-order valence-corrected chi connectivity index (χ1v) is 5.28. The van der Waals surface area contributed by atoms with E-state index in [4.69, 9.17) is 11.1 Å². The molecule has 5 N–H and O–H groups in total. The molecule has 0 heterocycles. The minimum absolute atomic E-state index is 0.0348. The van der Waals surface area contributed by atoms with Crippen molar-refractivity contribution < 1.29 is 9.59 Å². The van der Waals surface area contributed by atoms with Crippen molar-refractivity contribution in [3.8, 4) is 0 Å². The summed E-state index contributed by atoms with van der Waals surface area (Å²) in [6.45, 7) is 5.42. The molecule has 6 nitrogen and oxygen atoms in total. The maximum atomic E-state index is 11.2. The SMILES string of the molecule is CC(C)(C)NC(=O)NC(=O)CSC(=N)N. The summed E-state index contributed by atoms with van der Waals surface area (Å²) in [5, 5.41) is 11.4. The highest BCUT2D eigenvalue weighted by molar-refractivity contribution is 8.14. The second kappa shape index (κ2) is 5.59. The summed E-state index contributed by atoms with van der Waals surface area (Å²) in [4.78, 5) is 22.3. The Hall–Kier alpha value is -1.24. The van der Waals surface area contributed by atoms with Crippen molar-refractivity contribution in [2.24, 2.45) is 5.73 Å². The van der Waals surface area contributed by atoms with Crippen LogP contribution in [0.5, 0.6) is 0 Å². The molecule has 0 bridgehead atoms. The van der Waals surface area contributed by atoms with Crippen LogP contribution >= 0.6 is 11.8 Å². The van der Waals surface area contributed by atoms with E-state index in [0.717, 1.165) is 11.8 Å². The van der Waals surface area contributed by atoms with Crippen LogP contribution in [0.15, 0.2) is 0 Å². The molecular weight excluding hydrogens is 216 g/mol. The number of hydrogen-bond acceptors (Lipinski definition) is 4. The van der Waals surface area contributed by atoms with Crippen molar-refractivity contribution in [2.75, 3.05) is 5.75 Å². The number of nitrogens with one attached hydrogen (secondary N) is 3. The van der Waals surface area contributed by atoms with Crippen molar-refractivity contribution in [1.82, 2.24) is 10.6 Å². The zero-order chi connectivity index (χ0) is 12.1. The minimum Gasteiger partial charge on any atom is -0.379 e. The smallest absolute Gasteiger partial charge is 0.321 e. The molecular formula is C8H16N4O2S. The van der Waals surface area contributed by atoms with E-state index in [1.165, 1.54) is 0 Å². The lowest BCUT2D eigenvalue weighted by Gasteiger charge is -2.20. The summed E-state index contributed by atoms with van der Waals surface area (Å²) in [5.41, 5.74) is 4.65. The van der Waals surface area contributed by atoms with Crippen LogP contribution in [0.3, 0.4) is 0 Å². The number of amides is 3. The molecule has 0 unspecified atom stereocenters. The van der Waals surface area contributed by atoms with E-state index in [1.807, 2.05) is 0 Å². The molecule has 15 heavy (non-hydrogen) atoms. The van der Waals surface area contributed by atoms with Gasteiger partial charge < -0.3 is 11.1 Å². The van der Waals surface area contributed by atoms with Gasteiger partial charge in [0.25, 0.3) is 0 Å². The maximum Gasteiger partial charge on any atom is 0.321 e. The van der Waals surface area contributed by atoms with E-state index in [-0.39, 0.29) is 10.9 Å². The van der Waals surface area contributed by atoms with Crippen molar-refractivity contribution in [1.29, 1.82) is 5.41 Å². The summed E-state index contributed by atoms with van der Waals surface area (Å²) in [5.74, 6) is -0.510. The molecule has 86 valence electrons. The van der Waals surface area contributed by atoms with E-state index in [0.29, 0.717) is 0 Å². The third kappa shape index (κ3) is 9.07. The van der Waals surface area contributed by atoms with Gasteiger partial charge in [-0.2, -0.15) is 0 Å².